The van der Waals surface area contributed by atoms with Gasteiger partial charge in [-0.3, -0.25) is 62.3 Å². The number of aromatic carboxylic acids is 1. The van der Waals surface area contributed by atoms with Crippen LogP contribution in [0.4, 0.5) is 0 Å². The summed E-state index contributed by atoms with van der Waals surface area (Å²) in [5.41, 5.74) is 6.46. The topological polar surface area (TPSA) is 541 Å². The van der Waals surface area contributed by atoms with Gasteiger partial charge in [0.05, 0.1) is 85.6 Å². The molecule has 33 heteroatoms. The van der Waals surface area contributed by atoms with Crippen LogP contribution in [0.25, 0.3) is 33.4 Å². The van der Waals surface area contributed by atoms with Crippen molar-refractivity contribution in [1.82, 2.24) is 41.2 Å². The first-order valence-electron chi connectivity index (χ1n) is 33.4. The number of aliphatic hydroxyl groups is 2. The van der Waals surface area contributed by atoms with E-state index in [1.54, 1.807) is 0 Å². The minimum Gasteiger partial charge on any atom is -0.508 e. The predicted molar refractivity (Wildman–Crippen MR) is 365 cm³/mol. The maximum atomic E-state index is 13.9. The van der Waals surface area contributed by atoms with Crippen LogP contribution in [-0.4, -0.2) is 197 Å². The highest BCUT2D eigenvalue weighted by atomic mass is 16.5. The molecule has 558 valence electrons. The van der Waals surface area contributed by atoms with Crippen molar-refractivity contribution in [2.75, 3.05) is 39.5 Å². The Kier molecular flexibility index (Phi) is 31.5. The predicted octanol–water partition coefficient (Wildman–Crippen LogP) is 2.36. The van der Waals surface area contributed by atoms with Crippen LogP contribution in [0.2, 0.25) is 0 Å². The third-order valence-electron chi connectivity index (χ3n) is 17.1. The normalized spacial score (nSPS) is 13.9. The van der Waals surface area contributed by atoms with Gasteiger partial charge in [0.2, 0.25) is 23.6 Å². The molecule has 0 saturated carbocycles. The number of aromatic nitrogens is 4. The number of carboxylic acids is 3. The fourth-order valence-corrected chi connectivity index (χ4v) is 11.7. The Labute approximate surface area is 594 Å². The van der Waals surface area contributed by atoms with Gasteiger partial charge < -0.3 is 86.3 Å². The lowest BCUT2D eigenvalue weighted by Gasteiger charge is -2.24. The van der Waals surface area contributed by atoms with E-state index in [4.69, 9.17) is 19.6 Å². The molecule has 14 N–H and O–H groups in total. The molecule has 0 saturated heterocycles. The molecule has 33 nitrogen and oxygen atoms in total. The van der Waals surface area contributed by atoms with Crippen LogP contribution >= 0.6 is 0 Å². The van der Waals surface area contributed by atoms with Crippen LogP contribution in [0.5, 0.6) is 5.75 Å². The summed E-state index contributed by atoms with van der Waals surface area (Å²) in [4.78, 5) is 207. The van der Waals surface area contributed by atoms with Crippen molar-refractivity contribution >= 4 is 93.1 Å². The Morgan fingerprint density at radius 3 is 1.81 bits per heavy atom. The number of rotatable bonds is 48. The highest BCUT2D eigenvalue weighted by Gasteiger charge is 2.36. The number of ether oxygens (including phenoxy) is 2. The second-order valence-corrected chi connectivity index (χ2v) is 25.4. The number of amides is 5. The first kappa shape index (κ1) is 81.9. The number of carbonyl (C=O) groups is 14. The molecular formula is C71H85N9O24. The number of benzene rings is 3. The molecule has 0 radical (unpaired) electrons. The molecule has 9 atom stereocenters. The maximum absolute atomic E-state index is 13.9. The van der Waals surface area contributed by atoms with Crippen molar-refractivity contribution in [2.45, 2.75) is 135 Å². The number of nitrogens with one attached hydrogen (secondary N) is 6. The lowest BCUT2D eigenvalue weighted by atomic mass is 9.87. The Bertz CT molecular complexity index is 4080. The van der Waals surface area contributed by atoms with Gasteiger partial charge in [0.25, 0.3) is 5.91 Å². The van der Waals surface area contributed by atoms with Gasteiger partial charge in [0.15, 0.2) is 28.6 Å². The van der Waals surface area contributed by atoms with Crippen molar-refractivity contribution in [3.63, 3.8) is 0 Å². The number of hydrogen-bond acceptors (Lipinski definition) is 23. The number of fused-ring (bicyclic) bond motifs is 2. The van der Waals surface area contributed by atoms with Crippen molar-refractivity contribution in [3.05, 3.63) is 112 Å². The molecule has 104 heavy (non-hydrogen) atoms. The molecule has 1 aliphatic carbocycles. The van der Waals surface area contributed by atoms with Crippen LogP contribution in [0.15, 0.2) is 88.9 Å². The van der Waals surface area contributed by atoms with Crippen LogP contribution in [0.1, 0.15) is 130 Å². The van der Waals surface area contributed by atoms with E-state index in [0.717, 1.165) is 0 Å². The summed E-state index contributed by atoms with van der Waals surface area (Å²) in [7, 11) is 0. The monoisotopic (exact) mass is 1450 g/mol. The number of imidazole rings is 2. The molecule has 2 aromatic heterocycles. The number of nitrogens with zero attached hydrogens (tertiary/aromatic N) is 2. The third kappa shape index (κ3) is 25.5. The number of phenolic OH excluding ortho intramolecular Hbond substituents is 1. The zero-order valence-electron chi connectivity index (χ0n) is 57.3. The summed E-state index contributed by atoms with van der Waals surface area (Å²) < 4.78 is 17.1. The molecule has 0 spiro atoms. The Morgan fingerprint density at radius 2 is 1.21 bits per heavy atom. The number of aromatic amines is 2. The minimum absolute atomic E-state index is 0.00649. The van der Waals surface area contributed by atoms with E-state index in [9.17, 15) is 103 Å². The molecule has 5 amide bonds. The average Bonchev–Trinajstić information content (AvgIpc) is 1.10. The fourth-order valence-electron chi connectivity index (χ4n) is 11.7. The number of aliphatic carboxylic acids is 2. The van der Waals surface area contributed by atoms with Crippen molar-refractivity contribution in [1.29, 1.82) is 0 Å². The lowest BCUT2D eigenvalue weighted by molar-refractivity contribution is -0.142. The largest absolute Gasteiger partial charge is 0.508 e. The zero-order valence-corrected chi connectivity index (χ0v) is 57.3. The van der Waals surface area contributed by atoms with E-state index in [-0.39, 0.29) is 111 Å². The van der Waals surface area contributed by atoms with Crippen molar-refractivity contribution in [3.8, 4) is 28.2 Å². The van der Waals surface area contributed by atoms with Gasteiger partial charge in [-0.05, 0) is 88.1 Å². The Balaban J connectivity index is 1.07. The summed E-state index contributed by atoms with van der Waals surface area (Å²) in [5.74, 6) is -18.4. The maximum Gasteiger partial charge on any atom is 0.336 e. The number of nitrogens with two attached hydrogens (primary N) is 1. The summed E-state index contributed by atoms with van der Waals surface area (Å²) in [6.45, 7) is 1.95. The number of aliphatic hydroxyl groups excluding tert-OH is 2. The summed E-state index contributed by atoms with van der Waals surface area (Å²) in [6, 6.07) is 9.36. The first-order valence-corrected chi connectivity index (χ1v) is 33.4. The molecule has 0 unspecified atom stereocenters. The number of hydrogen-bond donors (Lipinski definition) is 13. The molecule has 0 bridgehead atoms. The first-order chi connectivity index (χ1) is 49.4. The number of aromatic hydroxyl groups is 1. The van der Waals surface area contributed by atoms with Crippen molar-refractivity contribution < 1.29 is 112 Å². The molecule has 6 rings (SSSR count). The third-order valence-corrected chi connectivity index (χ3v) is 17.1. The van der Waals surface area contributed by atoms with E-state index in [2.05, 4.69) is 41.2 Å². The standard InChI is InChI=1S/C71H85N9O24/c1-37(81)19-43(24-64(93)94)69(98)79-57(26-45-32-74-36-78-45)60(90)30-53(38(2)82)58(88)8-6-17-102-33-48(86)20-40(7-4-5-15-75-68(97)41-9-12-50(71(100)101)55(21-41)65-51-13-10-46(84)28-61(51)104-62-29-47(85)11-14-52(62)65)67(96)76-16-18-103-34-49(87)27-54(39(3)83)70(99)80-56(25-44-31-73-35-77-44)59(89)22-42(66(72)95)23-63(91)92/h9-14,21,28-29,31-32,35-36,38-40,42-43,53-54,56-57,82-84H,4-8,15-20,22-27,30,33-34H2,1-3H3,(H2,72,95)(H,73,77)(H,74,78)(H,75,97)(H,76,96)(H,79,98)(H,80,99)(H,91,92)(H,93,94)(H,100,101)/t38-,39+,40+,42-,43+,53+,54-,56-,57+/m1/s1. The van der Waals surface area contributed by atoms with E-state index >= 15 is 0 Å². The average molecular weight is 1450 g/mol. The summed E-state index contributed by atoms with van der Waals surface area (Å²) in [5, 5.41) is 71.4. The van der Waals surface area contributed by atoms with Gasteiger partial charge in [0, 0.05) is 135 Å². The summed E-state index contributed by atoms with van der Waals surface area (Å²) >= 11 is 0. The molecule has 2 aliphatic rings. The number of H-pyrrole nitrogens is 2. The van der Waals surface area contributed by atoms with E-state index in [1.165, 1.54) is 100 Å². The lowest BCUT2D eigenvalue weighted by Crippen LogP contribution is -2.48. The van der Waals surface area contributed by atoms with Crippen LogP contribution in [0.3, 0.4) is 0 Å². The SMILES string of the molecule is CC(=O)C[C@@H](CC(=O)O)C(=O)N[C@@H](Cc1cnc[nH]1)C(=O)C[C@H](C(=O)CCCOCC(=O)C[C@H](CCCCNC(=O)c1ccc(C(=O)O)c(-c2c3ccc(=O)cc-3oc3cc(O)ccc23)c1)C(=O)NCCOCC(=O)C[C@@H](C(=O)N[C@H](Cc1cnc[nH]1)C(=O)C[C@H](CC(=O)O)C(N)=O)[C@H](C)O)[C@@H](C)O. The molecular weight excluding hydrogens is 1360 g/mol. The zero-order chi connectivity index (χ0) is 76.3. The number of ketones is 6. The number of Topliss-reactive ketones (excluding diaryl/α,β-unsaturated/α-hetero) is 6. The number of carbonyl (C=O) groups excluding carboxylic acids is 11. The molecule has 0 fully saturated rings. The number of primary amides is 1. The van der Waals surface area contributed by atoms with Crippen LogP contribution < -0.4 is 32.4 Å². The Morgan fingerprint density at radius 1 is 0.596 bits per heavy atom. The van der Waals surface area contributed by atoms with E-state index < -0.39 is 193 Å². The van der Waals surface area contributed by atoms with E-state index in [0.29, 0.717) is 27.9 Å². The summed E-state index contributed by atoms with van der Waals surface area (Å²) in [6.07, 6.45) is -1.48. The minimum atomic E-state index is -1.45. The fraction of sp³-hybridized carbons (Fsp3) is 0.451. The van der Waals surface area contributed by atoms with Crippen LogP contribution in [0, 0.1) is 29.6 Å². The van der Waals surface area contributed by atoms with Crippen LogP contribution in [-0.2, 0) is 79.8 Å². The highest BCUT2D eigenvalue weighted by molar-refractivity contribution is 6.09. The second-order valence-electron chi connectivity index (χ2n) is 25.4. The van der Waals surface area contributed by atoms with Gasteiger partial charge in [-0.2, -0.15) is 0 Å². The van der Waals surface area contributed by atoms with Crippen molar-refractivity contribution in [2.24, 2.45) is 35.3 Å². The smallest absolute Gasteiger partial charge is 0.336 e. The van der Waals surface area contributed by atoms with Gasteiger partial charge >= 0.3 is 17.9 Å². The number of unbranched alkanes of at least 4 members (excludes halogenated alkanes) is 1. The van der Waals surface area contributed by atoms with Gasteiger partial charge in [-0.25, -0.2) is 14.8 Å². The molecule has 1 aliphatic heterocycles. The number of phenols is 1. The highest BCUT2D eigenvalue weighted by Crippen LogP contribution is 2.42. The Hall–Kier alpha value is -11.0. The number of carboxylic acid groups (broad SMARTS) is 3. The molecule has 3 heterocycles. The molecule has 2 aromatic carbocycles. The second kappa shape index (κ2) is 40.0. The quantitative estimate of drug-likeness (QED) is 0.0193. The molecule has 4 aromatic rings. The van der Waals surface area contributed by atoms with E-state index in [1.807, 2.05) is 0 Å². The van der Waals surface area contributed by atoms with Gasteiger partial charge in [-0.1, -0.05) is 6.42 Å². The van der Waals surface area contributed by atoms with Gasteiger partial charge in [-0.15, -0.1) is 0 Å². The van der Waals surface area contributed by atoms with Gasteiger partial charge in [0.1, 0.15) is 41.9 Å².